The Hall–Kier alpha value is -1.01. The first kappa shape index (κ1) is 45.4. The highest BCUT2D eigenvalue weighted by molar-refractivity contribution is 5.73. The van der Waals surface area contributed by atoms with Gasteiger partial charge in [0.05, 0.1) is 47.5 Å². The lowest BCUT2D eigenvalue weighted by atomic mass is 9.77. The second kappa shape index (κ2) is 18.3. The van der Waals surface area contributed by atoms with E-state index in [-0.39, 0.29) is 49.9 Å². The van der Waals surface area contributed by atoms with Gasteiger partial charge in [-0.1, -0.05) is 20.8 Å². The number of carbonyl (C=O) groups is 1. The summed E-state index contributed by atoms with van der Waals surface area (Å²) in [7, 11) is 5.38. The molecule has 2 unspecified atom stereocenters. The van der Waals surface area contributed by atoms with E-state index in [2.05, 4.69) is 5.32 Å². The number of carbonyl (C=O) groups excluding carboxylic acids is 1. The molecule has 306 valence electrons. The van der Waals surface area contributed by atoms with Crippen LogP contribution < -0.4 is 5.32 Å². The second-order valence-electron chi connectivity index (χ2n) is 17.0. The summed E-state index contributed by atoms with van der Waals surface area (Å²) in [4.78, 5) is 16.1. The van der Waals surface area contributed by atoms with Crippen LogP contribution in [0.15, 0.2) is 0 Å². The van der Waals surface area contributed by atoms with Gasteiger partial charge in [0.15, 0.2) is 19.2 Å². The number of methoxy groups -OCH3 is 1. The molecule has 7 N–H and O–H groups in total. The zero-order chi connectivity index (χ0) is 39.5. The molecule has 0 aromatic heterocycles. The average Bonchev–Trinajstić information content (AvgIpc) is 3.06. The molecule has 3 fully saturated rings. The fourth-order valence-electron chi connectivity index (χ4n) is 8.83. The normalized spacial score (nSPS) is 49.2. The quantitative estimate of drug-likeness (QED) is 0.178. The third kappa shape index (κ3) is 10.2. The minimum atomic E-state index is -1.79. The van der Waals surface area contributed by atoms with Crippen molar-refractivity contribution in [3.8, 4) is 0 Å². The van der Waals surface area contributed by atoms with Gasteiger partial charge >= 0.3 is 5.97 Å². The van der Waals surface area contributed by atoms with Gasteiger partial charge in [-0.3, -0.25) is 4.79 Å². The van der Waals surface area contributed by atoms with E-state index < -0.39 is 89.9 Å². The average molecular weight is 750 g/mol. The molecule has 0 radical (unpaired) electrons. The third-order valence-corrected chi connectivity index (χ3v) is 12.2. The number of likely N-dealkylation sites (N-methyl/N-ethyl adjacent to an activating group) is 1. The lowest BCUT2D eigenvalue weighted by Crippen LogP contribution is -2.60. The minimum absolute atomic E-state index is 0.0888. The molecular weight excluding hydrogens is 676 g/mol. The van der Waals surface area contributed by atoms with Crippen LogP contribution in [0.3, 0.4) is 0 Å². The summed E-state index contributed by atoms with van der Waals surface area (Å²) < 4.78 is 38.0. The minimum Gasteiger partial charge on any atom is -0.459 e. The van der Waals surface area contributed by atoms with Crippen LogP contribution in [-0.4, -0.2) is 155 Å². The Balaban J connectivity index is 2.15. The van der Waals surface area contributed by atoms with Crippen molar-refractivity contribution in [2.75, 3.05) is 34.4 Å². The number of nitrogens with one attached hydrogen (secondary N) is 1. The molecule has 0 aliphatic carbocycles. The van der Waals surface area contributed by atoms with Crippen LogP contribution in [0.1, 0.15) is 94.9 Å². The highest BCUT2D eigenvalue weighted by atomic mass is 16.7. The van der Waals surface area contributed by atoms with E-state index in [0.717, 1.165) is 0 Å². The number of nitrogens with zero attached hydrogens (tertiary/aromatic N) is 1. The van der Waals surface area contributed by atoms with E-state index >= 15 is 0 Å². The number of aliphatic hydroxyl groups excluding tert-OH is 2. The first-order valence-corrected chi connectivity index (χ1v) is 19.3. The van der Waals surface area contributed by atoms with Crippen molar-refractivity contribution >= 4 is 5.97 Å². The lowest BCUT2D eigenvalue weighted by Gasteiger charge is -2.49. The number of rotatable bonds is 8. The molecule has 0 aromatic rings. The predicted molar refractivity (Wildman–Crippen MR) is 196 cm³/mol. The molecule has 0 saturated carbocycles. The van der Waals surface area contributed by atoms with Gasteiger partial charge in [-0.15, -0.1) is 0 Å². The second-order valence-corrected chi connectivity index (χ2v) is 17.0. The van der Waals surface area contributed by atoms with Crippen molar-refractivity contribution in [2.45, 2.75) is 179 Å². The van der Waals surface area contributed by atoms with Crippen LogP contribution >= 0.6 is 0 Å². The fraction of sp³-hybridized carbons (Fsp3) is 0.974. The van der Waals surface area contributed by atoms with Gasteiger partial charge in [-0.25, -0.2) is 0 Å². The lowest BCUT2D eigenvalue weighted by molar-refractivity contribution is -0.315. The van der Waals surface area contributed by atoms with Crippen molar-refractivity contribution in [2.24, 2.45) is 23.7 Å². The molecule has 3 aliphatic rings. The number of aliphatic hydroxyl groups is 4. The molecule has 14 nitrogen and oxygen atoms in total. The molecule has 0 aromatic carbocycles. The summed E-state index contributed by atoms with van der Waals surface area (Å²) in [6.07, 6.45) is -6.65. The van der Waals surface area contributed by atoms with Crippen LogP contribution in [0.5, 0.6) is 0 Å². The van der Waals surface area contributed by atoms with Crippen molar-refractivity contribution in [3.05, 3.63) is 0 Å². The summed E-state index contributed by atoms with van der Waals surface area (Å²) in [6.45, 7) is 18.4. The van der Waals surface area contributed by atoms with Crippen LogP contribution in [-0.2, 0) is 33.2 Å². The van der Waals surface area contributed by atoms with Crippen molar-refractivity contribution in [3.63, 3.8) is 0 Å². The van der Waals surface area contributed by atoms with Crippen LogP contribution in [0, 0.1) is 23.7 Å². The van der Waals surface area contributed by atoms with E-state index in [9.17, 15) is 25.2 Å². The maximum Gasteiger partial charge on any atom is 0.311 e. The molecule has 0 spiro atoms. The van der Waals surface area contributed by atoms with E-state index in [4.69, 9.17) is 33.5 Å². The molecule has 52 heavy (non-hydrogen) atoms. The van der Waals surface area contributed by atoms with Gasteiger partial charge in [-0.2, -0.15) is 0 Å². The van der Waals surface area contributed by atoms with Crippen molar-refractivity contribution in [1.82, 2.24) is 10.2 Å². The number of hydrogen-bond donors (Lipinski definition) is 5. The van der Waals surface area contributed by atoms with Gasteiger partial charge in [0.2, 0.25) is 0 Å². The van der Waals surface area contributed by atoms with Gasteiger partial charge < -0.3 is 64.2 Å². The van der Waals surface area contributed by atoms with E-state index in [1.165, 1.54) is 6.92 Å². The smallest absolute Gasteiger partial charge is 0.311 e. The van der Waals surface area contributed by atoms with E-state index in [1.54, 1.807) is 34.8 Å². The highest BCUT2D eigenvalue weighted by Crippen LogP contribution is 2.41. The maximum atomic E-state index is 14.2. The molecule has 0 amide bonds. The largest absolute Gasteiger partial charge is 0.459 e. The summed E-state index contributed by atoms with van der Waals surface area (Å²) in [5.41, 5.74) is -4.09. The number of ether oxygens (including phenoxy) is 6. The Kier molecular flexibility index (Phi) is 16.0. The highest BCUT2D eigenvalue weighted by Gasteiger charge is 2.53. The zero-order valence-corrected chi connectivity index (χ0v) is 34.0. The Morgan fingerprint density at radius 2 is 1.63 bits per heavy atom. The Bertz CT molecular complexity index is 1130. The van der Waals surface area contributed by atoms with E-state index in [0.29, 0.717) is 13.0 Å². The molecular formula is C38H73N2O12+. The number of esters is 1. The zero-order valence-electron chi connectivity index (χ0n) is 34.0. The van der Waals surface area contributed by atoms with Gasteiger partial charge in [0.1, 0.15) is 23.9 Å². The van der Waals surface area contributed by atoms with Crippen molar-refractivity contribution < 1.29 is 58.7 Å². The van der Waals surface area contributed by atoms with Gasteiger partial charge in [0, 0.05) is 31.5 Å². The Morgan fingerprint density at radius 1 is 1.00 bits per heavy atom. The molecule has 3 heterocycles. The molecule has 0 bridgehead atoms. The van der Waals surface area contributed by atoms with E-state index in [1.807, 2.05) is 53.6 Å². The molecule has 3 aliphatic heterocycles. The number of hydrogen-bond acceptors (Lipinski definition) is 13. The fourth-order valence-corrected chi connectivity index (χ4v) is 8.83. The topological polar surface area (TPSA) is 192 Å². The first-order valence-electron chi connectivity index (χ1n) is 19.3. The summed E-state index contributed by atoms with van der Waals surface area (Å²) in [6, 6.07) is -0.844. The molecule has 14 heteroatoms. The number of cyclic esters (lactones) is 1. The van der Waals surface area contributed by atoms with Crippen LogP contribution in [0.25, 0.3) is 0 Å². The molecule has 3 rings (SSSR count). The summed E-state index contributed by atoms with van der Waals surface area (Å²) in [5, 5.41) is 58.4. The standard InChI is InChI=1S/C38H72N2O12/c1-14-28-38(10,46)32(43)24(6)39-18-20(2)16-36(8,45)33(52-35-30(42)27(40(11)12)15-21(3)48-35)22(4)31(23(5)34(44)50-28)51-29-17-37(9,47-13)26(19-41)25(7)49-29/h20-33,35,39,41-43,45-46H,14-19H2,1-13H3/p+1/t20-,21-,22+,23-,24-,25+,26?,27?,28-,29+,30-,31+,32-,33-,35+,36-,37-,38-/m1/s1. The molecule has 18 atom stereocenters. The first-order chi connectivity index (χ1) is 24.0. The van der Waals surface area contributed by atoms with Crippen LogP contribution in [0.2, 0.25) is 0 Å². The van der Waals surface area contributed by atoms with Gasteiger partial charge in [0.25, 0.3) is 0 Å². The molecule has 3 saturated heterocycles. The maximum absolute atomic E-state index is 14.2. The summed E-state index contributed by atoms with van der Waals surface area (Å²) >= 11 is 0. The van der Waals surface area contributed by atoms with Gasteiger partial charge in [-0.05, 0) is 94.3 Å². The van der Waals surface area contributed by atoms with Crippen LogP contribution in [0.4, 0.5) is 0 Å². The predicted octanol–water partition coefficient (Wildman–Crippen LogP) is 1.54. The Morgan fingerprint density at radius 3 is 2.19 bits per heavy atom. The Labute approximate surface area is 311 Å². The summed E-state index contributed by atoms with van der Waals surface area (Å²) in [5.74, 6) is -2.75. The SMILES string of the molecule is CC[C@H]1OC(=O)[C@H](C)[C@@H](O[C@H]2C[C@@](C)(OC)C(C[OH2+])[C@H](C)O2)[C@H](C)[C@@H](O[C@@H]2O[C@H](C)CC(N(C)C)[C@H]2O)[C@](C)(O)C[C@@H](C)CN[C@H](C)[C@@H](O)[C@]1(C)O. The third-order valence-electron chi connectivity index (χ3n) is 12.2. The van der Waals surface area contributed by atoms with Crippen molar-refractivity contribution in [1.29, 1.82) is 0 Å². The monoisotopic (exact) mass is 750 g/mol.